The van der Waals surface area contributed by atoms with Crippen molar-refractivity contribution in [2.75, 3.05) is 37.3 Å². The van der Waals surface area contributed by atoms with Gasteiger partial charge in [0.1, 0.15) is 10.6 Å². The van der Waals surface area contributed by atoms with Crippen LogP contribution in [0.1, 0.15) is 24.3 Å². The number of hydrogen-bond acceptors (Lipinski definition) is 8. The van der Waals surface area contributed by atoms with E-state index in [0.717, 1.165) is 4.88 Å². The number of carbonyl (C=O) groups is 1. The fourth-order valence-corrected chi connectivity index (χ4v) is 6.84. The lowest BCUT2D eigenvalue weighted by molar-refractivity contribution is -0.116. The van der Waals surface area contributed by atoms with Gasteiger partial charge in [0.05, 0.1) is 24.1 Å². The van der Waals surface area contributed by atoms with Crippen LogP contribution < -0.4 is 13.8 Å². The first-order valence-electron chi connectivity index (χ1n) is 9.59. The third-order valence-electron chi connectivity index (χ3n) is 4.79. The Morgan fingerprint density at radius 2 is 2.03 bits per heavy atom. The average molecular weight is 488 g/mol. The number of rotatable bonds is 9. The normalized spacial score (nSPS) is 17.3. The summed E-state index contributed by atoms with van der Waals surface area (Å²) in [5.74, 6) is -0.809. The number of ether oxygens (including phenoxy) is 1. The number of nitrogens with zero attached hydrogens (tertiary/aromatic N) is 2. The molecule has 1 saturated heterocycles. The molecule has 2 heterocycles. The number of benzene rings is 1. The largest absolute Gasteiger partial charge is 0.492 e. The van der Waals surface area contributed by atoms with Gasteiger partial charge in [-0.25, -0.2) is 25.9 Å². The van der Waals surface area contributed by atoms with Crippen LogP contribution in [0.3, 0.4) is 0 Å². The highest BCUT2D eigenvalue weighted by molar-refractivity contribution is 7.94. The van der Waals surface area contributed by atoms with Gasteiger partial charge >= 0.3 is 0 Å². The van der Waals surface area contributed by atoms with E-state index in [1.807, 2.05) is 36.5 Å². The number of amides is 1. The Morgan fingerprint density at radius 3 is 2.58 bits per heavy atom. The second-order valence-corrected chi connectivity index (χ2v) is 11.8. The summed E-state index contributed by atoms with van der Waals surface area (Å²) in [7, 11) is -4.18. The molecular weight excluding hydrogens is 462 g/mol. The van der Waals surface area contributed by atoms with Crippen LogP contribution in [0.2, 0.25) is 0 Å². The van der Waals surface area contributed by atoms with Crippen LogP contribution in [0.15, 0.2) is 40.6 Å². The maximum Gasteiger partial charge on any atom is 0.244 e. The second kappa shape index (κ2) is 9.25. The van der Waals surface area contributed by atoms with E-state index in [2.05, 4.69) is 4.72 Å². The van der Waals surface area contributed by atoms with Gasteiger partial charge in [-0.3, -0.25) is 4.79 Å². The summed E-state index contributed by atoms with van der Waals surface area (Å²) < 4.78 is 59.6. The van der Waals surface area contributed by atoms with E-state index < -0.39 is 26.0 Å². The summed E-state index contributed by atoms with van der Waals surface area (Å²) in [6.45, 7) is 2.04. The number of nitrogens with one attached hydrogen (secondary N) is 1. The molecular formula is C19H25N3O6S3. The molecule has 1 atom stereocenters. The third-order valence-corrected chi connectivity index (χ3v) is 8.90. The quantitative estimate of drug-likeness (QED) is 0.574. The van der Waals surface area contributed by atoms with Crippen molar-refractivity contribution in [2.24, 2.45) is 0 Å². The maximum atomic E-state index is 13.2. The molecule has 3 rings (SSSR count). The lowest BCUT2D eigenvalue weighted by Crippen LogP contribution is -2.34. The van der Waals surface area contributed by atoms with Gasteiger partial charge in [0.2, 0.25) is 26.0 Å². The minimum absolute atomic E-state index is 0.0197. The molecule has 1 aliphatic rings. The Balaban J connectivity index is 1.96. The van der Waals surface area contributed by atoms with E-state index >= 15 is 0 Å². The lowest BCUT2D eigenvalue weighted by Gasteiger charge is -2.24. The Hall–Kier alpha value is -1.99. The SMILES string of the molecule is CCOc1ccc(N2C(=O)CCS2(=O)=O)cc1S(=O)(=O)NCC(c1cccs1)N(C)C. The minimum atomic E-state index is -4.07. The molecule has 1 aromatic heterocycles. The molecule has 1 aliphatic heterocycles. The first kappa shape index (κ1) is 23.7. The lowest BCUT2D eigenvalue weighted by atomic mass is 10.2. The van der Waals surface area contributed by atoms with Gasteiger partial charge < -0.3 is 9.64 Å². The number of likely N-dealkylation sites (N-methyl/N-ethyl adjacent to an activating group) is 1. The molecule has 1 N–H and O–H groups in total. The Kier molecular flexibility index (Phi) is 7.06. The van der Waals surface area contributed by atoms with Crippen LogP contribution in [0.25, 0.3) is 0 Å². The first-order chi connectivity index (χ1) is 14.6. The molecule has 0 aliphatic carbocycles. The van der Waals surface area contributed by atoms with Crippen molar-refractivity contribution in [2.45, 2.75) is 24.3 Å². The number of thiophene rings is 1. The Morgan fingerprint density at radius 1 is 1.29 bits per heavy atom. The predicted molar refractivity (Wildman–Crippen MR) is 119 cm³/mol. The van der Waals surface area contributed by atoms with Crippen molar-refractivity contribution in [3.8, 4) is 5.75 Å². The fraction of sp³-hybridized carbons (Fsp3) is 0.421. The first-order valence-corrected chi connectivity index (χ1v) is 13.6. The van der Waals surface area contributed by atoms with E-state index in [0.29, 0.717) is 4.31 Å². The molecule has 0 spiro atoms. The monoisotopic (exact) mass is 487 g/mol. The summed E-state index contributed by atoms with van der Waals surface area (Å²) in [4.78, 5) is 14.8. The van der Waals surface area contributed by atoms with Gasteiger partial charge in [-0.05, 0) is 50.7 Å². The van der Waals surface area contributed by atoms with Crippen LogP contribution in [0.4, 0.5) is 5.69 Å². The van der Waals surface area contributed by atoms with Gasteiger partial charge in [0.25, 0.3) is 0 Å². The molecule has 31 heavy (non-hydrogen) atoms. The Labute approximate surface area is 186 Å². The van der Waals surface area contributed by atoms with E-state index in [9.17, 15) is 21.6 Å². The van der Waals surface area contributed by atoms with Crippen LogP contribution in [0.5, 0.6) is 5.75 Å². The smallest absolute Gasteiger partial charge is 0.244 e. The molecule has 9 nitrogen and oxygen atoms in total. The zero-order valence-corrected chi connectivity index (χ0v) is 19.9. The summed E-state index contributed by atoms with van der Waals surface area (Å²) in [5.41, 5.74) is -0.0197. The van der Waals surface area contributed by atoms with Gasteiger partial charge in [0, 0.05) is 17.8 Å². The average Bonchev–Trinajstić information content (AvgIpc) is 3.30. The highest BCUT2D eigenvalue weighted by Gasteiger charge is 2.37. The molecule has 0 bridgehead atoms. The van der Waals surface area contributed by atoms with Crippen LogP contribution in [0, 0.1) is 0 Å². The minimum Gasteiger partial charge on any atom is -0.492 e. The Bertz CT molecular complexity index is 1140. The summed E-state index contributed by atoms with van der Waals surface area (Å²) in [5, 5.41) is 1.92. The van der Waals surface area contributed by atoms with Gasteiger partial charge in [-0.15, -0.1) is 11.3 Å². The highest BCUT2D eigenvalue weighted by atomic mass is 32.2. The molecule has 2 aromatic rings. The van der Waals surface area contributed by atoms with Crippen LogP contribution >= 0.6 is 11.3 Å². The van der Waals surface area contributed by atoms with E-state index in [1.165, 1.54) is 29.5 Å². The van der Waals surface area contributed by atoms with Crippen molar-refractivity contribution in [3.63, 3.8) is 0 Å². The molecule has 1 fully saturated rings. The molecule has 1 unspecified atom stereocenters. The standard InChI is InChI=1S/C19H25N3O6S3/c1-4-28-16-8-7-14(22-19(23)9-11-30(22,24)25)12-18(16)31(26,27)20-13-15(21(2)3)17-6-5-10-29-17/h5-8,10,12,15,20H,4,9,11,13H2,1-3H3. The molecule has 0 saturated carbocycles. The molecule has 0 radical (unpaired) electrons. The van der Waals surface area contributed by atoms with Crippen LogP contribution in [-0.4, -0.2) is 60.6 Å². The van der Waals surface area contributed by atoms with Crippen molar-refractivity contribution in [1.82, 2.24) is 9.62 Å². The molecule has 170 valence electrons. The van der Waals surface area contributed by atoms with Gasteiger partial charge in [0.15, 0.2) is 0 Å². The van der Waals surface area contributed by atoms with Gasteiger partial charge in [-0.2, -0.15) is 0 Å². The number of carbonyl (C=O) groups excluding carboxylic acids is 1. The summed E-state index contributed by atoms with van der Waals surface area (Å²) in [6, 6.07) is 7.56. The predicted octanol–water partition coefficient (Wildman–Crippen LogP) is 1.79. The second-order valence-electron chi connectivity index (χ2n) is 7.13. The maximum absolute atomic E-state index is 13.2. The van der Waals surface area contributed by atoms with E-state index in [-0.39, 0.29) is 47.7 Å². The number of sulfonamides is 2. The number of anilines is 1. The van der Waals surface area contributed by atoms with Crippen molar-refractivity contribution in [3.05, 3.63) is 40.6 Å². The molecule has 12 heteroatoms. The number of hydrogen-bond donors (Lipinski definition) is 1. The zero-order chi connectivity index (χ0) is 22.8. The van der Waals surface area contributed by atoms with Crippen molar-refractivity contribution < 1.29 is 26.4 Å². The molecule has 1 aromatic carbocycles. The van der Waals surface area contributed by atoms with E-state index in [4.69, 9.17) is 4.74 Å². The zero-order valence-electron chi connectivity index (χ0n) is 17.4. The fourth-order valence-electron chi connectivity index (χ4n) is 3.26. The van der Waals surface area contributed by atoms with E-state index in [1.54, 1.807) is 6.92 Å². The summed E-state index contributed by atoms with van der Waals surface area (Å²) >= 11 is 1.52. The van der Waals surface area contributed by atoms with Gasteiger partial charge in [-0.1, -0.05) is 6.07 Å². The highest BCUT2D eigenvalue weighted by Crippen LogP contribution is 2.33. The summed E-state index contributed by atoms with van der Waals surface area (Å²) in [6.07, 6.45) is -0.138. The third kappa shape index (κ3) is 5.09. The van der Waals surface area contributed by atoms with Crippen molar-refractivity contribution >= 4 is 43.0 Å². The molecule has 1 amide bonds. The topological polar surface area (TPSA) is 113 Å². The van der Waals surface area contributed by atoms with Crippen molar-refractivity contribution in [1.29, 1.82) is 0 Å². The van der Waals surface area contributed by atoms with Crippen LogP contribution in [-0.2, 0) is 24.8 Å².